The van der Waals surface area contributed by atoms with Gasteiger partial charge >= 0.3 is 6.16 Å². The molecule has 0 fully saturated rings. The van der Waals surface area contributed by atoms with Gasteiger partial charge < -0.3 is 9.47 Å². The molecule has 19 heavy (non-hydrogen) atoms. The zero-order chi connectivity index (χ0) is 13.7. The molecular formula is C16H16O3. The monoisotopic (exact) mass is 256 g/mol. The summed E-state index contributed by atoms with van der Waals surface area (Å²) in [5.74, 6) is 0. The number of rotatable bonds is 3. The van der Waals surface area contributed by atoms with E-state index in [4.69, 9.17) is 4.74 Å². The summed E-state index contributed by atoms with van der Waals surface area (Å²) in [5.41, 5.74) is 2.22. The van der Waals surface area contributed by atoms with Crippen LogP contribution in [0.2, 0.25) is 0 Å². The minimum atomic E-state index is -0.665. The van der Waals surface area contributed by atoms with Gasteiger partial charge in [0.1, 0.15) is 6.61 Å². The van der Waals surface area contributed by atoms with Crippen molar-refractivity contribution in [3.8, 4) is 0 Å². The highest BCUT2D eigenvalue weighted by Crippen LogP contribution is 2.24. The zero-order valence-corrected chi connectivity index (χ0v) is 11.1. The summed E-state index contributed by atoms with van der Waals surface area (Å²) >= 11 is 0. The maximum absolute atomic E-state index is 10.9. The summed E-state index contributed by atoms with van der Waals surface area (Å²) in [6, 6.07) is 14.4. The number of benzene rings is 2. The quantitative estimate of drug-likeness (QED) is 0.778. The molecule has 0 aliphatic rings. The van der Waals surface area contributed by atoms with Crippen molar-refractivity contribution in [2.75, 3.05) is 13.7 Å². The summed E-state index contributed by atoms with van der Waals surface area (Å²) in [7, 11) is 1.30. The second-order valence-electron chi connectivity index (χ2n) is 4.18. The molecule has 2 rings (SSSR count). The SMILES string of the molecule is COC(=O)OC/C=C(\C)c1cccc2ccccc12. The van der Waals surface area contributed by atoms with E-state index in [1.807, 2.05) is 31.2 Å². The molecule has 0 heterocycles. The van der Waals surface area contributed by atoms with E-state index >= 15 is 0 Å². The predicted molar refractivity (Wildman–Crippen MR) is 76.0 cm³/mol. The number of methoxy groups -OCH3 is 1. The highest BCUT2D eigenvalue weighted by Gasteiger charge is 2.03. The molecule has 0 atom stereocenters. The van der Waals surface area contributed by atoms with Crippen LogP contribution in [0.25, 0.3) is 16.3 Å². The first-order chi connectivity index (χ1) is 9.22. The average Bonchev–Trinajstić information content (AvgIpc) is 2.46. The Hall–Kier alpha value is -2.29. The Kier molecular flexibility index (Phi) is 4.18. The summed E-state index contributed by atoms with van der Waals surface area (Å²) in [4.78, 5) is 10.9. The van der Waals surface area contributed by atoms with Gasteiger partial charge in [-0.3, -0.25) is 0 Å². The summed E-state index contributed by atoms with van der Waals surface area (Å²) in [6.45, 7) is 2.21. The number of carbonyl (C=O) groups is 1. The molecule has 0 bridgehead atoms. The smallest absolute Gasteiger partial charge is 0.438 e. The fourth-order valence-electron chi connectivity index (χ4n) is 1.97. The van der Waals surface area contributed by atoms with Crippen LogP contribution >= 0.6 is 0 Å². The lowest BCUT2D eigenvalue weighted by molar-refractivity contribution is 0.0819. The Morgan fingerprint density at radius 3 is 2.68 bits per heavy atom. The molecule has 2 aromatic rings. The molecule has 98 valence electrons. The molecule has 3 heteroatoms. The van der Waals surface area contributed by atoms with Gasteiger partial charge in [-0.15, -0.1) is 0 Å². The fraction of sp³-hybridized carbons (Fsp3) is 0.188. The number of allylic oxidation sites excluding steroid dienone is 1. The predicted octanol–water partition coefficient (Wildman–Crippen LogP) is 4.03. The minimum Gasteiger partial charge on any atom is -0.438 e. The normalized spacial score (nSPS) is 11.4. The molecule has 0 N–H and O–H groups in total. The fourth-order valence-corrected chi connectivity index (χ4v) is 1.97. The number of hydrogen-bond donors (Lipinski definition) is 0. The van der Waals surface area contributed by atoms with Crippen molar-refractivity contribution in [3.63, 3.8) is 0 Å². The highest BCUT2D eigenvalue weighted by molar-refractivity contribution is 5.93. The molecule has 0 amide bonds. The molecule has 0 radical (unpaired) electrons. The molecule has 0 spiro atoms. The van der Waals surface area contributed by atoms with Crippen molar-refractivity contribution in [1.29, 1.82) is 0 Å². The molecule has 3 nitrogen and oxygen atoms in total. The number of hydrogen-bond acceptors (Lipinski definition) is 3. The lowest BCUT2D eigenvalue weighted by Gasteiger charge is -2.07. The van der Waals surface area contributed by atoms with E-state index in [0.717, 1.165) is 11.1 Å². The van der Waals surface area contributed by atoms with Gasteiger partial charge in [0.05, 0.1) is 7.11 Å². The lowest BCUT2D eigenvalue weighted by Crippen LogP contribution is -2.03. The molecule has 0 aliphatic heterocycles. The molecule has 0 unspecified atom stereocenters. The van der Waals surface area contributed by atoms with Crippen molar-refractivity contribution in [3.05, 3.63) is 54.1 Å². The third kappa shape index (κ3) is 3.13. The molecule has 0 aliphatic carbocycles. The van der Waals surface area contributed by atoms with E-state index in [1.54, 1.807) is 0 Å². The number of carbonyl (C=O) groups excluding carboxylic acids is 1. The lowest BCUT2D eigenvalue weighted by atomic mass is 9.99. The maximum Gasteiger partial charge on any atom is 0.508 e. The summed E-state index contributed by atoms with van der Waals surface area (Å²) in [6.07, 6.45) is 1.21. The van der Waals surface area contributed by atoms with Crippen LogP contribution in [0.4, 0.5) is 4.79 Å². The van der Waals surface area contributed by atoms with E-state index in [-0.39, 0.29) is 6.61 Å². The van der Waals surface area contributed by atoms with Crippen LogP contribution in [0.3, 0.4) is 0 Å². The van der Waals surface area contributed by atoms with E-state index < -0.39 is 6.16 Å². The van der Waals surface area contributed by atoms with Crippen molar-refractivity contribution in [2.24, 2.45) is 0 Å². The van der Waals surface area contributed by atoms with Gasteiger partial charge in [-0.05, 0) is 34.9 Å². The van der Waals surface area contributed by atoms with Crippen molar-refractivity contribution < 1.29 is 14.3 Å². The Labute approximate surface area is 112 Å². The summed E-state index contributed by atoms with van der Waals surface area (Å²) < 4.78 is 9.28. The topological polar surface area (TPSA) is 35.5 Å². The largest absolute Gasteiger partial charge is 0.508 e. The van der Waals surface area contributed by atoms with E-state index in [9.17, 15) is 4.79 Å². The van der Waals surface area contributed by atoms with Gasteiger partial charge in [0.2, 0.25) is 0 Å². The van der Waals surface area contributed by atoms with Gasteiger partial charge in [-0.2, -0.15) is 0 Å². The van der Waals surface area contributed by atoms with Gasteiger partial charge in [-0.25, -0.2) is 4.79 Å². The van der Waals surface area contributed by atoms with E-state index in [2.05, 4.69) is 29.0 Å². The molecule has 0 aromatic heterocycles. The number of fused-ring (bicyclic) bond motifs is 1. The Bertz CT molecular complexity index is 609. The Morgan fingerprint density at radius 2 is 1.89 bits per heavy atom. The van der Waals surface area contributed by atoms with Gasteiger partial charge in [-0.1, -0.05) is 42.5 Å². The summed E-state index contributed by atoms with van der Waals surface area (Å²) in [5, 5.41) is 2.39. The van der Waals surface area contributed by atoms with Gasteiger partial charge in [0.15, 0.2) is 0 Å². The minimum absolute atomic E-state index is 0.210. The van der Waals surface area contributed by atoms with Gasteiger partial charge in [0, 0.05) is 0 Å². The van der Waals surface area contributed by atoms with Crippen molar-refractivity contribution >= 4 is 22.5 Å². The third-order valence-corrected chi connectivity index (χ3v) is 2.97. The standard InChI is InChI=1S/C16H16O3/c1-12(10-11-19-16(17)18-2)14-9-5-7-13-6-3-4-8-15(13)14/h3-10H,11H2,1-2H3/b12-10+. The van der Waals surface area contributed by atoms with E-state index in [1.165, 1.54) is 17.9 Å². The average molecular weight is 256 g/mol. The van der Waals surface area contributed by atoms with Gasteiger partial charge in [0.25, 0.3) is 0 Å². The molecular weight excluding hydrogens is 240 g/mol. The molecule has 0 saturated carbocycles. The Morgan fingerprint density at radius 1 is 1.16 bits per heavy atom. The molecule has 0 saturated heterocycles. The van der Waals surface area contributed by atoms with Crippen LogP contribution in [0.1, 0.15) is 12.5 Å². The highest BCUT2D eigenvalue weighted by atomic mass is 16.7. The zero-order valence-electron chi connectivity index (χ0n) is 11.1. The number of ether oxygens (including phenoxy) is 2. The Balaban J connectivity index is 2.23. The maximum atomic E-state index is 10.9. The van der Waals surface area contributed by atoms with Crippen LogP contribution in [0.5, 0.6) is 0 Å². The van der Waals surface area contributed by atoms with Crippen LogP contribution in [0, 0.1) is 0 Å². The second-order valence-corrected chi connectivity index (χ2v) is 4.18. The van der Waals surface area contributed by atoms with Crippen LogP contribution < -0.4 is 0 Å². The first-order valence-electron chi connectivity index (χ1n) is 6.08. The van der Waals surface area contributed by atoms with Crippen molar-refractivity contribution in [2.45, 2.75) is 6.92 Å². The van der Waals surface area contributed by atoms with Crippen LogP contribution in [-0.2, 0) is 9.47 Å². The molecule has 2 aromatic carbocycles. The van der Waals surface area contributed by atoms with E-state index in [0.29, 0.717) is 0 Å². The van der Waals surface area contributed by atoms with Crippen molar-refractivity contribution in [1.82, 2.24) is 0 Å². The van der Waals surface area contributed by atoms with Crippen LogP contribution in [0.15, 0.2) is 48.5 Å². The third-order valence-electron chi connectivity index (χ3n) is 2.97. The van der Waals surface area contributed by atoms with Crippen LogP contribution in [-0.4, -0.2) is 19.9 Å². The second kappa shape index (κ2) is 6.05. The first-order valence-corrected chi connectivity index (χ1v) is 6.08. The first kappa shape index (κ1) is 13.1.